The van der Waals surface area contributed by atoms with Crippen molar-refractivity contribution in [1.29, 1.82) is 0 Å². The van der Waals surface area contributed by atoms with E-state index in [1.54, 1.807) is 12.1 Å². The normalized spacial score (nSPS) is 11.0. The van der Waals surface area contributed by atoms with Crippen LogP contribution in [0.4, 0.5) is 22.0 Å². The van der Waals surface area contributed by atoms with Gasteiger partial charge in [-0.2, -0.15) is 0 Å². The van der Waals surface area contributed by atoms with Gasteiger partial charge in [0.1, 0.15) is 0 Å². The molecule has 0 atom stereocenters. The molecule has 2 aromatic rings. The van der Waals surface area contributed by atoms with Gasteiger partial charge in [0.15, 0.2) is 29.1 Å². The maximum atomic E-state index is 13.5. The Kier molecular flexibility index (Phi) is 4.41. The third-order valence-electron chi connectivity index (χ3n) is 2.89. The molecular weight excluding hydrogens is 311 g/mol. The van der Waals surface area contributed by atoms with Crippen molar-refractivity contribution in [3.8, 4) is 0 Å². The number of thiophene rings is 1. The van der Waals surface area contributed by atoms with Gasteiger partial charge < -0.3 is 0 Å². The number of hydrogen-bond donors (Lipinski definition) is 0. The summed E-state index contributed by atoms with van der Waals surface area (Å²) in [4.78, 5) is 13.3. The van der Waals surface area contributed by atoms with Crippen molar-refractivity contribution < 1.29 is 26.7 Å². The third kappa shape index (κ3) is 2.83. The molecule has 0 spiro atoms. The number of benzene rings is 1. The zero-order chi connectivity index (χ0) is 15.7. The van der Waals surface area contributed by atoms with Crippen LogP contribution >= 0.6 is 11.3 Å². The van der Waals surface area contributed by atoms with E-state index in [2.05, 4.69) is 0 Å². The Morgan fingerprint density at radius 3 is 1.86 bits per heavy atom. The molecule has 0 radical (unpaired) electrons. The Labute approximate surface area is 121 Å². The summed E-state index contributed by atoms with van der Waals surface area (Å²) in [7, 11) is 0. The van der Waals surface area contributed by atoms with Crippen LogP contribution in [0.25, 0.3) is 0 Å². The minimum Gasteiger partial charge on any atom is -0.294 e. The van der Waals surface area contributed by atoms with Crippen LogP contribution < -0.4 is 0 Å². The fourth-order valence-corrected chi connectivity index (χ4v) is 2.76. The SMILES string of the molecule is CCc1ccc(CC(=O)c2c(F)c(F)c(F)c(F)c2F)s1. The van der Waals surface area contributed by atoms with Crippen LogP contribution in [0.3, 0.4) is 0 Å². The molecule has 112 valence electrons. The molecule has 0 aliphatic rings. The zero-order valence-corrected chi connectivity index (χ0v) is 11.6. The first kappa shape index (κ1) is 15.6. The van der Waals surface area contributed by atoms with E-state index in [1.807, 2.05) is 6.92 Å². The number of carbonyl (C=O) groups is 1. The molecular formula is C14H9F5OS. The highest BCUT2D eigenvalue weighted by Crippen LogP contribution is 2.25. The molecule has 0 fully saturated rings. The van der Waals surface area contributed by atoms with Gasteiger partial charge in [0.05, 0.1) is 5.56 Å². The average molecular weight is 320 g/mol. The van der Waals surface area contributed by atoms with Gasteiger partial charge >= 0.3 is 0 Å². The molecule has 0 aliphatic heterocycles. The smallest absolute Gasteiger partial charge is 0.200 e. The second kappa shape index (κ2) is 5.93. The van der Waals surface area contributed by atoms with Crippen molar-refractivity contribution in [1.82, 2.24) is 0 Å². The minimum absolute atomic E-state index is 0.414. The monoisotopic (exact) mass is 320 g/mol. The summed E-state index contributed by atoms with van der Waals surface area (Å²) in [6, 6.07) is 3.33. The summed E-state index contributed by atoms with van der Waals surface area (Å²) in [5.41, 5.74) is -1.39. The fraction of sp³-hybridized carbons (Fsp3) is 0.214. The second-order valence-electron chi connectivity index (χ2n) is 4.27. The maximum Gasteiger partial charge on any atom is 0.200 e. The fourth-order valence-electron chi connectivity index (χ4n) is 1.80. The summed E-state index contributed by atoms with van der Waals surface area (Å²) < 4.78 is 66.0. The van der Waals surface area contributed by atoms with E-state index < -0.39 is 46.9 Å². The molecule has 0 aliphatic carbocycles. The summed E-state index contributed by atoms with van der Waals surface area (Å²) >= 11 is 1.25. The largest absolute Gasteiger partial charge is 0.294 e. The predicted molar refractivity (Wildman–Crippen MR) is 68.0 cm³/mol. The van der Waals surface area contributed by atoms with Gasteiger partial charge in [0.2, 0.25) is 5.82 Å². The van der Waals surface area contributed by atoms with Crippen LogP contribution in [0.15, 0.2) is 12.1 Å². The Hall–Kier alpha value is -1.76. The van der Waals surface area contributed by atoms with Gasteiger partial charge in [0.25, 0.3) is 0 Å². The average Bonchev–Trinajstić information content (AvgIpc) is 2.90. The summed E-state index contributed by atoms with van der Waals surface area (Å²) in [5.74, 6) is -11.8. The third-order valence-corrected chi connectivity index (χ3v) is 4.12. The highest BCUT2D eigenvalue weighted by atomic mass is 32.1. The van der Waals surface area contributed by atoms with Crippen molar-refractivity contribution in [2.24, 2.45) is 0 Å². The Morgan fingerprint density at radius 1 is 0.905 bits per heavy atom. The molecule has 0 bridgehead atoms. The lowest BCUT2D eigenvalue weighted by atomic mass is 10.1. The predicted octanol–water partition coefficient (Wildman–Crippen LogP) is 4.43. The van der Waals surface area contributed by atoms with E-state index in [0.717, 1.165) is 11.3 Å². The van der Waals surface area contributed by atoms with E-state index in [0.29, 0.717) is 4.88 Å². The number of carbonyl (C=O) groups excluding carboxylic acids is 1. The Morgan fingerprint density at radius 2 is 1.38 bits per heavy atom. The van der Waals surface area contributed by atoms with Crippen molar-refractivity contribution in [2.45, 2.75) is 19.8 Å². The van der Waals surface area contributed by atoms with Gasteiger partial charge in [0, 0.05) is 16.2 Å². The van der Waals surface area contributed by atoms with E-state index in [-0.39, 0.29) is 0 Å². The van der Waals surface area contributed by atoms with Crippen LogP contribution in [0.1, 0.15) is 27.0 Å². The molecule has 0 saturated heterocycles. The molecule has 0 unspecified atom stereocenters. The molecule has 1 aromatic carbocycles. The molecule has 1 nitrogen and oxygen atoms in total. The number of ketones is 1. The number of Topliss-reactive ketones (excluding diaryl/α,β-unsaturated/α-hetero) is 1. The summed E-state index contributed by atoms with van der Waals surface area (Å²) in [6.07, 6.45) is 0.310. The number of rotatable bonds is 4. The molecule has 1 heterocycles. The lowest BCUT2D eigenvalue weighted by Gasteiger charge is -2.06. The number of hydrogen-bond acceptors (Lipinski definition) is 2. The first-order valence-corrected chi connectivity index (χ1v) is 6.80. The molecule has 1 aromatic heterocycles. The molecule has 0 amide bonds. The molecule has 0 saturated carbocycles. The van der Waals surface area contributed by atoms with Crippen LogP contribution in [0, 0.1) is 29.1 Å². The number of halogens is 5. The molecule has 21 heavy (non-hydrogen) atoms. The zero-order valence-electron chi connectivity index (χ0n) is 10.8. The van der Waals surface area contributed by atoms with Gasteiger partial charge in [-0.25, -0.2) is 22.0 Å². The van der Waals surface area contributed by atoms with Gasteiger partial charge in [-0.15, -0.1) is 11.3 Å². The first-order chi connectivity index (χ1) is 9.86. The highest BCUT2D eigenvalue weighted by molar-refractivity contribution is 7.12. The topological polar surface area (TPSA) is 17.1 Å². The van der Waals surface area contributed by atoms with Crippen LogP contribution in [-0.4, -0.2) is 5.78 Å². The highest BCUT2D eigenvalue weighted by Gasteiger charge is 2.29. The maximum absolute atomic E-state index is 13.5. The van der Waals surface area contributed by atoms with Gasteiger partial charge in [-0.05, 0) is 18.6 Å². The summed E-state index contributed by atoms with van der Waals surface area (Å²) in [6.45, 7) is 1.89. The van der Waals surface area contributed by atoms with E-state index in [4.69, 9.17) is 0 Å². The van der Waals surface area contributed by atoms with Crippen molar-refractivity contribution in [3.63, 3.8) is 0 Å². The lowest BCUT2D eigenvalue weighted by Crippen LogP contribution is -2.14. The lowest BCUT2D eigenvalue weighted by molar-refractivity contribution is 0.0982. The van der Waals surface area contributed by atoms with Crippen molar-refractivity contribution in [2.75, 3.05) is 0 Å². The Balaban J connectivity index is 2.39. The van der Waals surface area contributed by atoms with E-state index >= 15 is 0 Å². The molecule has 7 heteroatoms. The van der Waals surface area contributed by atoms with Crippen LogP contribution in [0.2, 0.25) is 0 Å². The molecule has 0 N–H and O–H groups in total. The quantitative estimate of drug-likeness (QED) is 0.352. The van der Waals surface area contributed by atoms with Crippen molar-refractivity contribution >= 4 is 17.1 Å². The van der Waals surface area contributed by atoms with Crippen molar-refractivity contribution in [3.05, 3.63) is 56.5 Å². The van der Waals surface area contributed by atoms with Crippen LogP contribution in [0.5, 0.6) is 0 Å². The van der Waals surface area contributed by atoms with Gasteiger partial charge in [-0.1, -0.05) is 6.92 Å². The van der Waals surface area contributed by atoms with Gasteiger partial charge in [-0.3, -0.25) is 4.79 Å². The Bertz CT molecular complexity index is 679. The number of aryl methyl sites for hydroxylation is 1. The van der Waals surface area contributed by atoms with Crippen LogP contribution in [-0.2, 0) is 12.8 Å². The van der Waals surface area contributed by atoms with E-state index in [1.165, 1.54) is 11.3 Å². The molecule has 2 rings (SSSR count). The van der Waals surface area contributed by atoms with E-state index in [9.17, 15) is 26.7 Å². The standard InChI is InChI=1S/C14H9F5OS/c1-2-6-3-4-7(21-6)5-8(20)9-10(15)12(17)14(19)13(18)11(9)16/h3-4H,2,5H2,1H3. The minimum atomic E-state index is -2.27. The summed E-state index contributed by atoms with van der Waals surface area (Å²) in [5, 5.41) is 0. The second-order valence-corrected chi connectivity index (χ2v) is 5.52. The first-order valence-electron chi connectivity index (χ1n) is 5.99.